The lowest BCUT2D eigenvalue weighted by molar-refractivity contribution is -0.143. The lowest BCUT2D eigenvalue weighted by atomic mass is 10.1. The fourth-order valence-electron chi connectivity index (χ4n) is 3.98. The number of carbonyl (C=O) groups excluding carboxylic acids is 1. The van der Waals surface area contributed by atoms with E-state index in [0.717, 1.165) is 10.2 Å². The van der Waals surface area contributed by atoms with E-state index in [0.29, 0.717) is 32.1 Å². The molecule has 2 aromatic heterocycles. The smallest absolute Gasteiger partial charge is 0.379 e. The second kappa shape index (κ2) is 10.2. The minimum absolute atomic E-state index is 0.0363. The Morgan fingerprint density at radius 2 is 1.94 bits per heavy atom. The van der Waals surface area contributed by atoms with E-state index in [1.165, 1.54) is 6.21 Å². The molecule has 0 aromatic carbocycles. The fourth-order valence-corrected chi connectivity index (χ4v) is 3.98. The first-order valence-corrected chi connectivity index (χ1v) is 11.2. The predicted octanol–water partition coefficient (Wildman–Crippen LogP) is 1.24. The Morgan fingerprint density at radius 1 is 1.26 bits per heavy atom. The Kier molecular flexibility index (Phi) is 7.21. The van der Waals surface area contributed by atoms with E-state index in [-0.39, 0.29) is 36.8 Å². The molecular weight excluding hydrogens is 469 g/mol. The molecule has 0 saturated carbocycles. The first kappa shape index (κ1) is 24.9. The van der Waals surface area contributed by atoms with Crippen LogP contribution in [0.4, 0.5) is 19.1 Å². The van der Waals surface area contributed by atoms with Crippen LogP contribution in [-0.2, 0) is 15.7 Å². The number of aromatic nitrogens is 4. The number of aliphatic hydroxyl groups excluding tert-OH is 1. The number of fused-ring (bicyclic) bond motifs is 1. The topological polar surface area (TPSA) is 121 Å². The molecule has 0 bridgehead atoms. The van der Waals surface area contributed by atoms with Gasteiger partial charge in [-0.25, -0.2) is 9.97 Å². The number of ether oxygens (including phenoxy) is 1. The van der Waals surface area contributed by atoms with Gasteiger partial charge in [0, 0.05) is 38.6 Å². The number of amides is 1. The number of alkyl halides is 3. The summed E-state index contributed by atoms with van der Waals surface area (Å²) in [4.78, 5) is 25.0. The minimum Gasteiger partial charge on any atom is -0.379 e. The van der Waals surface area contributed by atoms with Crippen molar-refractivity contribution in [3.63, 3.8) is 0 Å². The Bertz CT molecular complexity index is 1070. The number of nitrogens with zero attached hydrogens (tertiary/aromatic N) is 7. The van der Waals surface area contributed by atoms with Gasteiger partial charge in [0.1, 0.15) is 0 Å². The maximum absolute atomic E-state index is 13.4. The van der Waals surface area contributed by atoms with Crippen LogP contribution >= 0.6 is 0 Å². The second-order valence-electron chi connectivity index (χ2n) is 8.48. The number of nitrogens with one attached hydrogen (secondary N) is 1. The van der Waals surface area contributed by atoms with Crippen LogP contribution in [0.2, 0.25) is 0 Å². The Morgan fingerprint density at radius 3 is 2.60 bits per heavy atom. The van der Waals surface area contributed by atoms with Gasteiger partial charge in [0.2, 0.25) is 11.9 Å². The van der Waals surface area contributed by atoms with E-state index in [4.69, 9.17) is 4.74 Å². The maximum atomic E-state index is 13.4. The number of halogens is 3. The fraction of sp³-hybridized carbons (Fsp3) is 0.571. The largest absolute Gasteiger partial charge is 0.435 e. The average Bonchev–Trinajstić information content (AvgIpc) is 3.24. The van der Waals surface area contributed by atoms with Gasteiger partial charge in [-0.2, -0.15) is 23.4 Å². The molecule has 14 heteroatoms. The average molecular weight is 496 g/mol. The Hall–Kier alpha value is -3.26. The number of hydrazone groups is 1. The number of carbonyl (C=O) groups is 1. The highest BCUT2D eigenvalue weighted by atomic mass is 19.4. The summed E-state index contributed by atoms with van der Waals surface area (Å²) in [6.45, 7) is 6.06. The molecule has 4 rings (SSSR count). The first-order valence-electron chi connectivity index (χ1n) is 11.2. The summed E-state index contributed by atoms with van der Waals surface area (Å²) in [6, 6.07) is -0.579. The SMILES string of the molecule is Cc1cnc(N2CCN(C(=O)CCOCC(C)n3nc(C(F)(F)F)c4c3C=NNC4O)CC2)nc1. The Balaban J connectivity index is 1.26. The molecule has 2 aliphatic rings. The molecule has 11 nitrogen and oxygen atoms in total. The zero-order valence-electron chi connectivity index (χ0n) is 19.4. The summed E-state index contributed by atoms with van der Waals surface area (Å²) < 4.78 is 46.9. The molecule has 35 heavy (non-hydrogen) atoms. The van der Waals surface area contributed by atoms with Crippen molar-refractivity contribution < 1.29 is 27.8 Å². The van der Waals surface area contributed by atoms with E-state index >= 15 is 0 Å². The third kappa shape index (κ3) is 5.53. The lowest BCUT2D eigenvalue weighted by Crippen LogP contribution is -2.49. The van der Waals surface area contributed by atoms with Crippen molar-refractivity contribution in [2.75, 3.05) is 44.3 Å². The van der Waals surface area contributed by atoms with Crippen molar-refractivity contribution in [3.8, 4) is 0 Å². The van der Waals surface area contributed by atoms with Crippen molar-refractivity contribution in [3.05, 3.63) is 34.9 Å². The number of hydrogen-bond acceptors (Lipinski definition) is 9. The second-order valence-corrected chi connectivity index (χ2v) is 8.48. The number of aliphatic hydroxyl groups is 1. The number of aryl methyl sites for hydroxylation is 1. The molecule has 2 aromatic rings. The number of hydrogen-bond donors (Lipinski definition) is 2. The molecule has 2 N–H and O–H groups in total. The zero-order chi connectivity index (χ0) is 25.2. The van der Waals surface area contributed by atoms with Crippen molar-refractivity contribution in [1.29, 1.82) is 0 Å². The maximum Gasteiger partial charge on any atom is 0.435 e. The van der Waals surface area contributed by atoms with Crippen LogP contribution in [0, 0.1) is 6.92 Å². The molecule has 2 unspecified atom stereocenters. The highest BCUT2D eigenvalue weighted by Gasteiger charge is 2.42. The van der Waals surface area contributed by atoms with E-state index in [2.05, 4.69) is 25.6 Å². The highest BCUT2D eigenvalue weighted by molar-refractivity contribution is 5.81. The first-order chi connectivity index (χ1) is 16.6. The van der Waals surface area contributed by atoms with Crippen molar-refractivity contribution in [1.82, 2.24) is 30.1 Å². The molecule has 0 spiro atoms. The Labute approximate surface area is 199 Å². The molecule has 1 saturated heterocycles. The molecular formula is C21H27F3N8O3. The van der Waals surface area contributed by atoms with Gasteiger partial charge in [0.05, 0.1) is 43.1 Å². The van der Waals surface area contributed by atoms with Crippen molar-refractivity contribution >= 4 is 18.1 Å². The summed E-state index contributed by atoms with van der Waals surface area (Å²) in [5.41, 5.74) is 1.70. The quantitative estimate of drug-likeness (QED) is 0.550. The van der Waals surface area contributed by atoms with Gasteiger partial charge >= 0.3 is 6.18 Å². The van der Waals surface area contributed by atoms with Crippen LogP contribution in [0.25, 0.3) is 0 Å². The van der Waals surface area contributed by atoms with Crippen molar-refractivity contribution in [2.45, 2.75) is 38.7 Å². The number of anilines is 1. The van der Waals surface area contributed by atoms with Crippen LogP contribution in [0.15, 0.2) is 17.5 Å². The molecule has 0 aliphatic carbocycles. The van der Waals surface area contributed by atoms with Gasteiger partial charge in [-0.3, -0.25) is 14.9 Å². The highest BCUT2D eigenvalue weighted by Crippen LogP contribution is 2.36. The summed E-state index contributed by atoms with van der Waals surface area (Å²) in [5, 5.41) is 17.3. The summed E-state index contributed by atoms with van der Waals surface area (Å²) in [5.74, 6) is 0.585. The third-order valence-electron chi connectivity index (χ3n) is 5.83. The van der Waals surface area contributed by atoms with E-state index in [1.807, 2.05) is 11.8 Å². The molecule has 2 atom stereocenters. The van der Waals surface area contributed by atoms with Crippen LogP contribution in [-0.4, -0.2) is 81.3 Å². The van der Waals surface area contributed by atoms with Gasteiger partial charge in [-0.05, 0) is 19.4 Å². The molecule has 0 radical (unpaired) electrons. The zero-order valence-corrected chi connectivity index (χ0v) is 19.4. The van der Waals surface area contributed by atoms with Crippen LogP contribution in [0.3, 0.4) is 0 Å². The number of rotatable bonds is 7. The van der Waals surface area contributed by atoms with E-state index in [1.54, 1.807) is 24.2 Å². The van der Waals surface area contributed by atoms with Gasteiger partial charge in [0.15, 0.2) is 11.9 Å². The van der Waals surface area contributed by atoms with Gasteiger partial charge in [0.25, 0.3) is 0 Å². The molecule has 1 amide bonds. The predicted molar refractivity (Wildman–Crippen MR) is 119 cm³/mol. The minimum atomic E-state index is -4.73. The summed E-state index contributed by atoms with van der Waals surface area (Å²) in [7, 11) is 0. The normalized spacial score (nSPS) is 18.9. The monoisotopic (exact) mass is 496 g/mol. The summed E-state index contributed by atoms with van der Waals surface area (Å²) >= 11 is 0. The van der Waals surface area contributed by atoms with Gasteiger partial charge in [-0.1, -0.05) is 0 Å². The van der Waals surface area contributed by atoms with Gasteiger partial charge < -0.3 is 19.6 Å². The van der Waals surface area contributed by atoms with Crippen LogP contribution < -0.4 is 10.3 Å². The molecule has 190 valence electrons. The lowest BCUT2D eigenvalue weighted by Gasteiger charge is -2.34. The molecule has 4 heterocycles. The van der Waals surface area contributed by atoms with E-state index < -0.39 is 24.1 Å². The number of piperazine rings is 1. The van der Waals surface area contributed by atoms with Crippen LogP contribution in [0.5, 0.6) is 0 Å². The standard InChI is InChI=1S/C21H27F3N8O3/c1-13-9-25-20(26-10-13)31-6-4-30(5-7-31)16(33)3-8-35-12-14(2)32-15-11-27-28-19(34)17(15)18(29-32)21(22,23)24/h9-11,14,19,28,34H,3-8,12H2,1-2H3. The van der Waals surface area contributed by atoms with E-state index in [9.17, 15) is 23.1 Å². The summed E-state index contributed by atoms with van der Waals surface area (Å²) in [6.07, 6.45) is -1.48. The van der Waals surface area contributed by atoms with Crippen LogP contribution in [0.1, 0.15) is 48.1 Å². The van der Waals surface area contributed by atoms with Crippen molar-refractivity contribution in [2.24, 2.45) is 5.10 Å². The molecule has 2 aliphatic heterocycles. The third-order valence-corrected chi connectivity index (χ3v) is 5.83. The molecule has 1 fully saturated rings. The van der Waals surface area contributed by atoms with Gasteiger partial charge in [-0.15, -0.1) is 0 Å².